The number of nitrogens with zero attached hydrogens (tertiary/aromatic N) is 5. The van der Waals surface area contributed by atoms with Crippen LogP contribution in [0.25, 0.3) is 0 Å². The fraction of sp³-hybridized carbons (Fsp3) is 0.760. The first kappa shape index (κ1) is 28.0. The highest BCUT2D eigenvalue weighted by molar-refractivity contribution is 7.99. The summed E-state index contributed by atoms with van der Waals surface area (Å²) in [6.07, 6.45) is 4.83. The molecule has 196 valence electrons. The molecule has 0 aliphatic carbocycles. The number of piperazine rings is 1. The average Bonchev–Trinajstić information content (AvgIpc) is 2.80. The second-order valence-electron chi connectivity index (χ2n) is 10.7. The summed E-state index contributed by atoms with van der Waals surface area (Å²) < 4.78 is 0. The van der Waals surface area contributed by atoms with Crippen LogP contribution < -0.4 is 10.2 Å². The third-order valence-electron chi connectivity index (χ3n) is 6.73. The maximum Gasteiger partial charge on any atom is 0.230 e. The van der Waals surface area contributed by atoms with Gasteiger partial charge in [0.2, 0.25) is 11.8 Å². The number of halogens is 1. The molecular formula is C25H41ClN6O2S. The largest absolute Gasteiger partial charge is 0.355 e. The van der Waals surface area contributed by atoms with Crippen molar-refractivity contribution >= 4 is 41.0 Å². The summed E-state index contributed by atoms with van der Waals surface area (Å²) in [4.78, 5) is 40.6. The zero-order valence-corrected chi connectivity index (χ0v) is 23.4. The van der Waals surface area contributed by atoms with Crippen molar-refractivity contribution in [2.45, 2.75) is 77.5 Å². The molecule has 3 rings (SSSR count). The molecule has 2 aliphatic heterocycles. The number of anilines is 1. The molecule has 8 nitrogen and oxygen atoms in total. The van der Waals surface area contributed by atoms with Gasteiger partial charge in [-0.15, -0.1) is 0 Å². The topological polar surface area (TPSA) is 81.7 Å². The number of hydrogen-bond acceptors (Lipinski definition) is 7. The van der Waals surface area contributed by atoms with Crippen LogP contribution in [0, 0.1) is 5.41 Å². The molecule has 1 aromatic rings. The van der Waals surface area contributed by atoms with Crippen LogP contribution in [0.5, 0.6) is 0 Å². The number of thioether (sulfide) groups is 1. The Hall–Kier alpha value is -1.58. The van der Waals surface area contributed by atoms with E-state index < -0.39 is 5.41 Å². The normalized spacial score (nSPS) is 21.8. The monoisotopic (exact) mass is 524 g/mol. The molecule has 3 heterocycles. The van der Waals surface area contributed by atoms with E-state index >= 15 is 0 Å². The molecule has 1 aromatic heterocycles. The number of nitrogens with one attached hydrogen (secondary N) is 1. The van der Waals surface area contributed by atoms with Crippen molar-refractivity contribution in [3.8, 4) is 0 Å². The Morgan fingerprint density at radius 1 is 1.14 bits per heavy atom. The van der Waals surface area contributed by atoms with E-state index in [-0.39, 0.29) is 23.6 Å². The molecule has 2 unspecified atom stereocenters. The summed E-state index contributed by atoms with van der Waals surface area (Å²) in [5, 5.41) is 3.86. The number of carbonyl (C=O) groups excluding carboxylic acids is 2. The van der Waals surface area contributed by atoms with Gasteiger partial charge in [0, 0.05) is 56.3 Å². The van der Waals surface area contributed by atoms with Gasteiger partial charge in [0.25, 0.3) is 0 Å². The zero-order chi connectivity index (χ0) is 25.6. The molecule has 0 spiro atoms. The Morgan fingerprint density at radius 2 is 1.91 bits per heavy atom. The van der Waals surface area contributed by atoms with Crippen LogP contribution in [-0.4, -0.2) is 88.7 Å². The highest BCUT2D eigenvalue weighted by atomic mass is 35.5. The molecule has 2 fully saturated rings. The predicted octanol–water partition coefficient (Wildman–Crippen LogP) is 3.69. The molecule has 0 saturated carbocycles. The van der Waals surface area contributed by atoms with Crippen molar-refractivity contribution in [3.63, 3.8) is 0 Å². The minimum atomic E-state index is -0.398. The number of aromatic nitrogens is 2. The molecule has 0 aromatic carbocycles. The van der Waals surface area contributed by atoms with E-state index in [0.717, 1.165) is 18.8 Å². The summed E-state index contributed by atoms with van der Waals surface area (Å²) in [5.41, 5.74) is -0.398. The third kappa shape index (κ3) is 8.22. The number of hydrogen-bond donors (Lipinski definition) is 1. The first-order valence-corrected chi connectivity index (χ1v) is 14.1. The van der Waals surface area contributed by atoms with Crippen molar-refractivity contribution in [1.29, 1.82) is 0 Å². The van der Waals surface area contributed by atoms with Crippen molar-refractivity contribution in [1.82, 2.24) is 25.1 Å². The predicted molar refractivity (Wildman–Crippen MR) is 143 cm³/mol. The molecule has 0 radical (unpaired) electrons. The van der Waals surface area contributed by atoms with E-state index in [1.807, 2.05) is 25.7 Å². The summed E-state index contributed by atoms with van der Waals surface area (Å²) in [7, 11) is 0. The lowest BCUT2D eigenvalue weighted by Crippen LogP contribution is -2.56. The van der Waals surface area contributed by atoms with Gasteiger partial charge in [-0.25, -0.2) is 9.97 Å². The van der Waals surface area contributed by atoms with Gasteiger partial charge in [-0.3, -0.25) is 9.59 Å². The second-order valence-corrected chi connectivity index (χ2v) is 12.1. The van der Waals surface area contributed by atoms with Crippen molar-refractivity contribution in [2.75, 3.05) is 49.9 Å². The van der Waals surface area contributed by atoms with Gasteiger partial charge in [-0.1, -0.05) is 50.6 Å². The van der Waals surface area contributed by atoms with Crippen LogP contribution in [0.2, 0.25) is 5.15 Å². The highest BCUT2D eigenvalue weighted by Gasteiger charge is 2.34. The molecule has 2 aliphatic rings. The number of rotatable bonds is 8. The summed E-state index contributed by atoms with van der Waals surface area (Å²) >= 11 is 7.58. The third-order valence-corrected chi connectivity index (χ3v) is 7.77. The van der Waals surface area contributed by atoms with Gasteiger partial charge in [-0.2, -0.15) is 0 Å². The lowest BCUT2D eigenvalue weighted by molar-refractivity contribution is -0.142. The van der Waals surface area contributed by atoms with Crippen LogP contribution in [0.1, 0.15) is 60.3 Å². The quantitative estimate of drug-likeness (QED) is 0.240. The molecule has 35 heavy (non-hydrogen) atoms. The van der Waals surface area contributed by atoms with Crippen molar-refractivity contribution in [3.05, 3.63) is 11.2 Å². The Labute approximate surface area is 219 Å². The summed E-state index contributed by atoms with van der Waals surface area (Å²) in [5.74, 6) is 1.13. The SMILES string of the molecule is CC1CCCCN1CCCNC(=O)CSc1nc(Cl)cc(N2CCN(C(=O)C(C)(C)C)C(C)C2)n1. The van der Waals surface area contributed by atoms with E-state index in [0.29, 0.717) is 42.5 Å². The number of carbonyl (C=O) groups is 2. The van der Waals surface area contributed by atoms with E-state index in [9.17, 15) is 9.59 Å². The minimum absolute atomic E-state index is 0.0188. The number of likely N-dealkylation sites (tertiary alicyclic amines) is 1. The van der Waals surface area contributed by atoms with Gasteiger partial charge in [0.15, 0.2) is 5.16 Å². The van der Waals surface area contributed by atoms with Crippen LogP contribution in [-0.2, 0) is 9.59 Å². The number of piperidine rings is 1. The summed E-state index contributed by atoms with van der Waals surface area (Å²) in [6.45, 7) is 15.1. The van der Waals surface area contributed by atoms with Gasteiger partial charge in [-0.05, 0) is 39.7 Å². The van der Waals surface area contributed by atoms with E-state index in [1.165, 1.54) is 37.6 Å². The fourth-order valence-corrected chi connectivity index (χ4v) is 5.60. The van der Waals surface area contributed by atoms with Gasteiger partial charge >= 0.3 is 0 Å². The van der Waals surface area contributed by atoms with Crippen molar-refractivity contribution < 1.29 is 9.59 Å². The van der Waals surface area contributed by atoms with Crippen LogP contribution in [0.15, 0.2) is 11.2 Å². The lowest BCUT2D eigenvalue weighted by Gasteiger charge is -2.42. The maximum atomic E-state index is 12.7. The zero-order valence-electron chi connectivity index (χ0n) is 21.8. The van der Waals surface area contributed by atoms with Crippen molar-refractivity contribution in [2.24, 2.45) is 5.41 Å². The molecule has 2 amide bonds. The first-order chi connectivity index (χ1) is 16.5. The average molecular weight is 525 g/mol. The Morgan fingerprint density at radius 3 is 2.60 bits per heavy atom. The second kappa shape index (κ2) is 12.6. The molecule has 2 saturated heterocycles. The molecule has 10 heteroatoms. The van der Waals surface area contributed by atoms with Gasteiger partial charge in [0.1, 0.15) is 11.0 Å². The van der Waals surface area contributed by atoms with Crippen LogP contribution >= 0.6 is 23.4 Å². The maximum absolute atomic E-state index is 12.7. The molecule has 1 N–H and O–H groups in total. The number of amides is 2. The Balaban J connectivity index is 1.46. The molecule has 2 atom stereocenters. The van der Waals surface area contributed by atoms with Gasteiger partial charge in [0.05, 0.1) is 5.75 Å². The summed E-state index contributed by atoms with van der Waals surface area (Å²) in [6, 6.07) is 2.47. The van der Waals surface area contributed by atoms with E-state index in [4.69, 9.17) is 11.6 Å². The smallest absolute Gasteiger partial charge is 0.230 e. The standard InChI is InChI=1S/C25H41ClN6O2S/c1-18-9-6-7-11-30(18)12-8-10-27-22(33)17-35-24-28-20(26)15-21(29-24)31-13-14-32(19(2)16-31)23(34)25(3,4)5/h15,18-19H,6-14,16-17H2,1-5H3,(H,27,33). The Kier molecular flexibility index (Phi) is 10.1. The Bertz CT molecular complexity index is 880. The van der Waals surface area contributed by atoms with E-state index in [1.54, 1.807) is 6.07 Å². The minimum Gasteiger partial charge on any atom is -0.355 e. The fourth-order valence-electron chi connectivity index (χ4n) is 4.69. The molecule has 0 bridgehead atoms. The molecular weight excluding hydrogens is 484 g/mol. The van der Waals surface area contributed by atoms with Gasteiger partial charge < -0.3 is 20.0 Å². The van der Waals surface area contributed by atoms with Crippen LogP contribution in [0.4, 0.5) is 5.82 Å². The van der Waals surface area contributed by atoms with Crippen LogP contribution in [0.3, 0.4) is 0 Å². The lowest BCUT2D eigenvalue weighted by atomic mass is 9.93. The highest BCUT2D eigenvalue weighted by Crippen LogP contribution is 2.26. The van der Waals surface area contributed by atoms with E-state index in [2.05, 4.69) is 38.9 Å². The first-order valence-electron chi connectivity index (χ1n) is 12.8.